The maximum absolute atomic E-state index is 9.72. The summed E-state index contributed by atoms with van der Waals surface area (Å²) in [4.78, 5) is 0. The molecule has 0 heterocycles. The van der Waals surface area contributed by atoms with Crippen LogP contribution in [-0.2, 0) is 0 Å². The second-order valence-corrected chi connectivity index (χ2v) is 6.05. The number of benzene rings is 5. The van der Waals surface area contributed by atoms with Gasteiger partial charge in [-0.2, -0.15) is 0 Å². The van der Waals surface area contributed by atoms with Crippen LogP contribution in [0.3, 0.4) is 0 Å². The Morgan fingerprint density at radius 3 is 1.83 bits per heavy atom. The summed E-state index contributed by atoms with van der Waals surface area (Å²) in [5.74, 6) is 0.308. The van der Waals surface area contributed by atoms with E-state index in [1.54, 1.807) is 6.07 Å². The molecule has 0 bridgehead atoms. The van der Waals surface area contributed by atoms with Gasteiger partial charge in [0.15, 0.2) is 0 Å². The van der Waals surface area contributed by atoms with Crippen LogP contribution in [0.5, 0.6) is 5.75 Å². The number of phenols is 1. The van der Waals surface area contributed by atoms with E-state index in [0.717, 1.165) is 5.39 Å². The summed E-state index contributed by atoms with van der Waals surface area (Å²) in [7, 11) is 0. The molecular formula is C22H14O. The van der Waals surface area contributed by atoms with Gasteiger partial charge in [-0.05, 0) is 67.4 Å². The Morgan fingerprint density at radius 1 is 0.435 bits per heavy atom. The molecule has 0 amide bonds. The molecule has 1 nitrogen and oxygen atoms in total. The summed E-state index contributed by atoms with van der Waals surface area (Å²) in [5, 5.41) is 19.5. The SMILES string of the molecule is Oc1ccc2c(ccc3cc4ccc5ccccc5c4cc32)c1. The van der Waals surface area contributed by atoms with E-state index in [0.29, 0.717) is 5.75 Å². The largest absolute Gasteiger partial charge is 0.508 e. The second kappa shape index (κ2) is 4.47. The van der Waals surface area contributed by atoms with Gasteiger partial charge in [0.25, 0.3) is 0 Å². The summed E-state index contributed by atoms with van der Waals surface area (Å²) >= 11 is 0. The smallest absolute Gasteiger partial charge is 0.116 e. The van der Waals surface area contributed by atoms with Crippen molar-refractivity contribution >= 4 is 43.1 Å². The van der Waals surface area contributed by atoms with E-state index in [1.165, 1.54) is 37.7 Å². The number of rotatable bonds is 0. The molecule has 0 atom stereocenters. The van der Waals surface area contributed by atoms with E-state index in [-0.39, 0.29) is 0 Å². The molecule has 0 aliphatic rings. The minimum atomic E-state index is 0.308. The lowest BCUT2D eigenvalue weighted by Crippen LogP contribution is -1.82. The van der Waals surface area contributed by atoms with Crippen LogP contribution in [0.15, 0.2) is 78.9 Å². The van der Waals surface area contributed by atoms with Gasteiger partial charge in [0.2, 0.25) is 0 Å². The first-order valence-electron chi connectivity index (χ1n) is 7.77. The first-order valence-corrected chi connectivity index (χ1v) is 7.77. The maximum Gasteiger partial charge on any atom is 0.116 e. The first-order chi connectivity index (χ1) is 11.3. The van der Waals surface area contributed by atoms with Gasteiger partial charge in [0.05, 0.1) is 0 Å². The van der Waals surface area contributed by atoms with Gasteiger partial charge in [-0.3, -0.25) is 0 Å². The summed E-state index contributed by atoms with van der Waals surface area (Å²) in [6, 6.07) is 27.2. The standard InChI is InChI=1S/C22H14O/c23-18-9-10-20-17(12-18)8-7-16-11-15-6-5-14-3-1-2-4-19(14)21(15)13-22(16)20/h1-13,23H. The van der Waals surface area contributed by atoms with Crippen molar-refractivity contribution in [2.75, 3.05) is 0 Å². The molecule has 0 saturated carbocycles. The fourth-order valence-electron chi connectivity index (χ4n) is 3.56. The molecule has 5 aromatic rings. The molecule has 1 N–H and O–H groups in total. The van der Waals surface area contributed by atoms with Crippen molar-refractivity contribution in [3.8, 4) is 5.75 Å². The van der Waals surface area contributed by atoms with E-state index in [2.05, 4.69) is 60.7 Å². The number of aromatic hydroxyl groups is 1. The van der Waals surface area contributed by atoms with Crippen LogP contribution in [0.2, 0.25) is 0 Å². The van der Waals surface area contributed by atoms with Crippen LogP contribution in [0.25, 0.3) is 43.1 Å². The molecule has 108 valence electrons. The van der Waals surface area contributed by atoms with Crippen LogP contribution < -0.4 is 0 Å². The molecule has 0 saturated heterocycles. The topological polar surface area (TPSA) is 20.2 Å². The lowest BCUT2D eigenvalue weighted by Gasteiger charge is -2.09. The summed E-state index contributed by atoms with van der Waals surface area (Å²) in [6.07, 6.45) is 0. The van der Waals surface area contributed by atoms with Crippen LogP contribution in [0.4, 0.5) is 0 Å². The fraction of sp³-hybridized carbons (Fsp3) is 0. The van der Waals surface area contributed by atoms with E-state index >= 15 is 0 Å². The summed E-state index contributed by atoms with van der Waals surface area (Å²) in [6.45, 7) is 0. The molecule has 0 fully saturated rings. The van der Waals surface area contributed by atoms with Crippen molar-refractivity contribution < 1.29 is 5.11 Å². The predicted molar refractivity (Wildman–Crippen MR) is 98.1 cm³/mol. The predicted octanol–water partition coefficient (Wildman–Crippen LogP) is 6.01. The first kappa shape index (κ1) is 12.5. The molecule has 0 spiro atoms. The summed E-state index contributed by atoms with van der Waals surface area (Å²) < 4.78 is 0. The normalized spacial score (nSPS) is 11.7. The van der Waals surface area contributed by atoms with E-state index < -0.39 is 0 Å². The monoisotopic (exact) mass is 294 g/mol. The van der Waals surface area contributed by atoms with E-state index in [4.69, 9.17) is 0 Å². The third-order valence-electron chi connectivity index (χ3n) is 4.68. The Labute approximate surface area is 133 Å². The van der Waals surface area contributed by atoms with Crippen molar-refractivity contribution in [2.45, 2.75) is 0 Å². The van der Waals surface area contributed by atoms with Crippen LogP contribution >= 0.6 is 0 Å². The Bertz CT molecular complexity index is 1220. The molecule has 0 aliphatic carbocycles. The molecule has 23 heavy (non-hydrogen) atoms. The van der Waals surface area contributed by atoms with Crippen molar-refractivity contribution in [1.29, 1.82) is 0 Å². The highest BCUT2D eigenvalue weighted by Gasteiger charge is 2.06. The van der Waals surface area contributed by atoms with Gasteiger partial charge in [-0.1, -0.05) is 54.6 Å². The molecular weight excluding hydrogens is 280 g/mol. The van der Waals surface area contributed by atoms with Crippen molar-refractivity contribution in [3.05, 3.63) is 78.9 Å². The highest BCUT2D eigenvalue weighted by molar-refractivity contribution is 6.17. The highest BCUT2D eigenvalue weighted by atomic mass is 16.3. The lowest BCUT2D eigenvalue weighted by molar-refractivity contribution is 0.476. The molecule has 1 heteroatoms. The average Bonchev–Trinajstić information content (AvgIpc) is 2.59. The zero-order valence-corrected chi connectivity index (χ0v) is 12.5. The number of hydrogen-bond donors (Lipinski definition) is 1. The van der Waals surface area contributed by atoms with Gasteiger partial charge in [0, 0.05) is 0 Å². The Balaban J connectivity index is 2.02. The van der Waals surface area contributed by atoms with Crippen LogP contribution in [0, 0.1) is 0 Å². The van der Waals surface area contributed by atoms with Crippen molar-refractivity contribution in [3.63, 3.8) is 0 Å². The number of fused-ring (bicyclic) bond motifs is 6. The van der Waals surface area contributed by atoms with E-state index in [1.807, 2.05) is 12.1 Å². The van der Waals surface area contributed by atoms with Crippen LogP contribution in [-0.4, -0.2) is 5.11 Å². The zero-order chi connectivity index (χ0) is 15.4. The third-order valence-corrected chi connectivity index (χ3v) is 4.68. The summed E-state index contributed by atoms with van der Waals surface area (Å²) in [5.41, 5.74) is 0. The number of phenolic OH excluding ortho intramolecular Hbond substituents is 1. The van der Waals surface area contributed by atoms with Crippen molar-refractivity contribution in [2.24, 2.45) is 0 Å². The van der Waals surface area contributed by atoms with Crippen LogP contribution in [0.1, 0.15) is 0 Å². The van der Waals surface area contributed by atoms with Crippen molar-refractivity contribution in [1.82, 2.24) is 0 Å². The molecule has 5 aromatic carbocycles. The Hall–Kier alpha value is -3.06. The molecule has 0 unspecified atom stereocenters. The van der Waals surface area contributed by atoms with Gasteiger partial charge >= 0.3 is 0 Å². The molecule has 0 aromatic heterocycles. The minimum absolute atomic E-state index is 0.308. The fourth-order valence-corrected chi connectivity index (χ4v) is 3.56. The zero-order valence-electron chi connectivity index (χ0n) is 12.5. The maximum atomic E-state index is 9.72. The Morgan fingerprint density at radius 2 is 1.04 bits per heavy atom. The average molecular weight is 294 g/mol. The molecule has 5 rings (SSSR count). The number of hydrogen-bond acceptors (Lipinski definition) is 1. The van der Waals surface area contributed by atoms with Gasteiger partial charge in [-0.25, -0.2) is 0 Å². The van der Waals surface area contributed by atoms with Gasteiger partial charge in [-0.15, -0.1) is 0 Å². The second-order valence-electron chi connectivity index (χ2n) is 6.05. The quantitative estimate of drug-likeness (QED) is 0.274. The molecule has 0 aliphatic heterocycles. The van der Waals surface area contributed by atoms with E-state index in [9.17, 15) is 5.11 Å². The Kier molecular flexibility index (Phi) is 2.42. The van der Waals surface area contributed by atoms with Gasteiger partial charge in [0.1, 0.15) is 5.75 Å². The minimum Gasteiger partial charge on any atom is -0.508 e. The van der Waals surface area contributed by atoms with Gasteiger partial charge < -0.3 is 5.11 Å². The third kappa shape index (κ3) is 1.80. The lowest BCUT2D eigenvalue weighted by atomic mass is 9.95. The molecule has 0 radical (unpaired) electrons. The highest BCUT2D eigenvalue weighted by Crippen LogP contribution is 2.33.